The summed E-state index contributed by atoms with van der Waals surface area (Å²) in [6.07, 6.45) is -3.47. The number of ether oxygens (including phenoxy) is 2. The molecule has 0 spiro atoms. The lowest BCUT2D eigenvalue weighted by molar-refractivity contribution is -0.231. The first-order valence-corrected chi connectivity index (χ1v) is 11.3. The predicted octanol–water partition coefficient (Wildman–Crippen LogP) is 1.74. The maximum absolute atomic E-state index is 10.4. The molecule has 2 unspecified atom stereocenters. The van der Waals surface area contributed by atoms with Gasteiger partial charge in [-0.05, 0) is 54.2 Å². The number of aliphatic hydroxyl groups excluding tert-OH is 5. The SMILES string of the molecule is OC[C@H]1O[C@@H](c2ccc(Cl)c(Cc3ccc(OC4CCC(O)C4)cc3)c2)[C@H](O)[C@@H](O)[C@@H]1O. The molecule has 8 heteroatoms. The summed E-state index contributed by atoms with van der Waals surface area (Å²) in [6.45, 7) is -0.476. The maximum atomic E-state index is 10.4. The Hall–Kier alpha value is -1.71. The molecule has 0 radical (unpaired) electrons. The van der Waals surface area contributed by atoms with Crippen LogP contribution in [0.3, 0.4) is 0 Å². The Morgan fingerprint density at radius 1 is 0.938 bits per heavy atom. The highest BCUT2D eigenvalue weighted by Gasteiger charge is 2.44. The molecular weight excluding hydrogens is 436 g/mol. The fraction of sp³-hybridized carbons (Fsp3) is 0.500. The summed E-state index contributed by atoms with van der Waals surface area (Å²) in [5, 5.41) is 50.1. The van der Waals surface area contributed by atoms with Crippen molar-refractivity contribution in [3.8, 4) is 5.75 Å². The first-order valence-electron chi connectivity index (χ1n) is 10.9. The Balaban J connectivity index is 1.47. The third kappa shape index (κ3) is 5.10. The van der Waals surface area contributed by atoms with Crippen LogP contribution < -0.4 is 4.74 Å². The van der Waals surface area contributed by atoms with Gasteiger partial charge in [-0.3, -0.25) is 0 Å². The van der Waals surface area contributed by atoms with Crippen molar-refractivity contribution in [3.63, 3.8) is 0 Å². The molecule has 32 heavy (non-hydrogen) atoms. The number of aliphatic hydroxyl groups is 5. The van der Waals surface area contributed by atoms with E-state index in [-0.39, 0.29) is 12.2 Å². The fourth-order valence-electron chi connectivity index (χ4n) is 4.41. The van der Waals surface area contributed by atoms with E-state index in [9.17, 15) is 25.5 Å². The first kappa shape index (κ1) is 23.4. The van der Waals surface area contributed by atoms with Gasteiger partial charge in [-0.15, -0.1) is 0 Å². The van der Waals surface area contributed by atoms with Crippen LogP contribution >= 0.6 is 11.6 Å². The summed E-state index contributed by atoms with van der Waals surface area (Å²) in [5.41, 5.74) is 2.42. The van der Waals surface area contributed by atoms with Crippen LogP contribution in [0.15, 0.2) is 42.5 Å². The van der Waals surface area contributed by atoms with Crippen molar-refractivity contribution in [3.05, 3.63) is 64.2 Å². The van der Waals surface area contributed by atoms with Gasteiger partial charge in [0.2, 0.25) is 0 Å². The van der Waals surface area contributed by atoms with Gasteiger partial charge in [0, 0.05) is 11.4 Å². The molecule has 2 fully saturated rings. The van der Waals surface area contributed by atoms with Crippen LogP contribution in [-0.2, 0) is 11.2 Å². The molecule has 2 aromatic carbocycles. The molecule has 0 aromatic heterocycles. The van der Waals surface area contributed by atoms with Gasteiger partial charge in [-0.1, -0.05) is 35.9 Å². The van der Waals surface area contributed by atoms with E-state index >= 15 is 0 Å². The second-order valence-corrected chi connectivity index (χ2v) is 9.03. The topological polar surface area (TPSA) is 120 Å². The summed E-state index contributed by atoms with van der Waals surface area (Å²) in [7, 11) is 0. The van der Waals surface area contributed by atoms with E-state index in [0.29, 0.717) is 23.4 Å². The Labute approximate surface area is 191 Å². The number of hydrogen-bond acceptors (Lipinski definition) is 7. The van der Waals surface area contributed by atoms with E-state index in [2.05, 4.69) is 0 Å². The lowest BCUT2D eigenvalue weighted by atomic mass is 9.90. The van der Waals surface area contributed by atoms with Gasteiger partial charge < -0.3 is 35.0 Å². The van der Waals surface area contributed by atoms with E-state index in [1.54, 1.807) is 18.2 Å². The standard InChI is InChI=1S/C24H29ClO7/c25-19-8-3-14(24-23(30)22(29)21(28)20(12-26)32-24)10-15(19)9-13-1-5-17(6-2-13)31-18-7-4-16(27)11-18/h1-3,5-6,8,10,16,18,20-24,26-30H,4,7,9,11-12H2/t16?,18?,20-,21-,22+,23-,24+/m1/s1. The van der Waals surface area contributed by atoms with Crippen LogP contribution in [0.1, 0.15) is 42.1 Å². The highest BCUT2D eigenvalue weighted by atomic mass is 35.5. The van der Waals surface area contributed by atoms with Crippen LogP contribution in [0, 0.1) is 0 Å². The molecular formula is C24H29ClO7. The first-order chi connectivity index (χ1) is 15.4. The molecule has 4 rings (SSSR count). The molecule has 174 valence electrons. The van der Waals surface area contributed by atoms with Crippen LogP contribution in [0.4, 0.5) is 0 Å². The number of halogens is 1. The summed E-state index contributed by atoms with van der Waals surface area (Å²) in [4.78, 5) is 0. The number of benzene rings is 2. The van der Waals surface area contributed by atoms with Gasteiger partial charge in [0.15, 0.2) is 0 Å². The average molecular weight is 465 g/mol. The second-order valence-electron chi connectivity index (χ2n) is 8.63. The Bertz CT molecular complexity index is 904. The molecule has 1 aliphatic heterocycles. The van der Waals surface area contributed by atoms with Gasteiger partial charge in [-0.2, -0.15) is 0 Å². The second kappa shape index (κ2) is 10.1. The van der Waals surface area contributed by atoms with Gasteiger partial charge in [0.05, 0.1) is 12.7 Å². The molecule has 0 bridgehead atoms. The monoisotopic (exact) mass is 464 g/mol. The zero-order chi connectivity index (χ0) is 22.8. The predicted molar refractivity (Wildman–Crippen MR) is 118 cm³/mol. The third-order valence-corrected chi connectivity index (χ3v) is 6.64. The van der Waals surface area contributed by atoms with Gasteiger partial charge >= 0.3 is 0 Å². The molecule has 5 N–H and O–H groups in total. The summed E-state index contributed by atoms with van der Waals surface area (Å²) in [5.74, 6) is 0.758. The average Bonchev–Trinajstić information content (AvgIpc) is 3.20. The molecule has 7 nitrogen and oxygen atoms in total. The van der Waals surface area contributed by atoms with Crippen molar-refractivity contribution < 1.29 is 35.0 Å². The van der Waals surface area contributed by atoms with Gasteiger partial charge in [0.25, 0.3) is 0 Å². The van der Waals surface area contributed by atoms with Crippen molar-refractivity contribution in [2.24, 2.45) is 0 Å². The van der Waals surface area contributed by atoms with Gasteiger partial charge in [-0.25, -0.2) is 0 Å². The highest BCUT2D eigenvalue weighted by Crippen LogP contribution is 2.34. The van der Waals surface area contributed by atoms with Gasteiger partial charge in [0.1, 0.15) is 42.4 Å². The molecule has 1 saturated carbocycles. The molecule has 7 atom stereocenters. The molecule has 1 saturated heterocycles. The Morgan fingerprint density at radius 2 is 1.69 bits per heavy atom. The summed E-state index contributed by atoms with van der Waals surface area (Å²) >= 11 is 6.41. The largest absolute Gasteiger partial charge is 0.490 e. The van der Waals surface area contributed by atoms with Crippen molar-refractivity contribution in [1.82, 2.24) is 0 Å². The van der Waals surface area contributed by atoms with Crippen molar-refractivity contribution in [2.75, 3.05) is 6.61 Å². The molecule has 0 amide bonds. The Morgan fingerprint density at radius 3 is 2.34 bits per heavy atom. The highest BCUT2D eigenvalue weighted by molar-refractivity contribution is 6.31. The maximum Gasteiger partial charge on any atom is 0.119 e. The van der Waals surface area contributed by atoms with E-state index < -0.39 is 37.1 Å². The zero-order valence-electron chi connectivity index (χ0n) is 17.5. The van der Waals surface area contributed by atoms with Crippen molar-refractivity contribution in [1.29, 1.82) is 0 Å². The lowest BCUT2D eigenvalue weighted by Gasteiger charge is -2.40. The van der Waals surface area contributed by atoms with Crippen LogP contribution in [0.2, 0.25) is 5.02 Å². The minimum atomic E-state index is -1.43. The molecule has 1 aliphatic carbocycles. The lowest BCUT2D eigenvalue weighted by Crippen LogP contribution is -2.55. The van der Waals surface area contributed by atoms with E-state index in [1.807, 2.05) is 24.3 Å². The zero-order valence-corrected chi connectivity index (χ0v) is 18.3. The molecule has 2 aromatic rings. The summed E-state index contributed by atoms with van der Waals surface area (Å²) in [6, 6.07) is 12.9. The minimum absolute atomic E-state index is 0.0421. The van der Waals surface area contributed by atoms with Crippen LogP contribution in [-0.4, -0.2) is 68.8 Å². The van der Waals surface area contributed by atoms with E-state index in [1.165, 1.54) is 0 Å². The minimum Gasteiger partial charge on any atom is -0.490 e. The smallest absolute Gasteiger partial charge is 0.119 e. The van der Waals surface area contributed by atoms with Crippen molar-refractivity contribution >= 4 is 11.6 Å². The third-order valence-electron chi connectivity index (χ3n) is 6.27. The number of hydrogen-bond donors (Lipinski definition) is 5. The van der Waals surface area contributed by atoms with E-state index in [4.69, 9.17) is 21.1 Å². The summed E-state index contributed by atoms with van der Waals surface area (Å²) < 4.78 is 11.6. The quantitative estimate of drug-likeness (QED) is 0.441. The van der Waals surface area contributed by atoms with Crippen molar-refractivity contribution in [2.45, 2.75) is 68.4 Å². The number of rotatable bonds is 6. The molecule has 2 aliphatic rings. The van der Waals surface area contributed by atoms with Crippen LogP contribution in [0.5, 0.6) is 5.75 Å². The molecule has 1 heterocycles. The normalized spacial score (nSPS) is 32.8. The fourth-order valence-corrected chi connectivity index (χ4v) is 4.59. The van der Waals surface area contributed by atoms with Crippen LogP contribution in [0.25, 0.3) is 0 Å². The Kier molecular flexibility index (Phi) is 7.37. The van der Waals surface area contributed by atoms with E-state index in [0.717, 1.165) is 29.7 Å².